The molecule has 5 heteroatoms. The number of hydrogen-bond acceptors (Lipinski definition) is 4. The largest absolute Gasteiger partial charge is 0.508 e. The molecule has 0 saturated heterocycles. The van der Waals surface area contributed by atoms with Gasteiger partial charge in [-0.2, -0.15) is 0 Å². The maximum atomic E-state index is 12.4. The van der Waals surface area contributed by atoms with E-state index in [1.54, 1.807) is 0 Å². The molecule has 2 aliphatic rings. The van der Waals surface area contributed by atoms with Crippen LogP contribution in [-0.4, -0.2) is 22.6 Å². The Bertz CT molecular complexity index is 609. The van der Waals surface area contributed by atoms with E-state index in [1.807, 2.05) is 0 Å². The van der Waals surface area contributed by atoms with Crippen LogP contribution >= 0.6 is 0 Å². The Morgan fingerprint density at radius 3 is 2.13 bits per heavy atom. The number of Topliss-reactive ketones (excluding diaryl/α,β-unsaturated/α-hetero) is 2. The zero-order valence-corrected chi connectivity index (χ0v) is 13.0. The molecule has 0 aromatic heterocycles. The van der Waals surface area contributed by atoms with E-state index in [-0.39, 0.29) is 22.7 Å². The Hall–Kier alpha value is -2.17. The van der Waals surface area contributed by atoms with Crippen LogP contribution in [0.2, 0.25) is 0 Å². The highest BCUT2D eigenvalue weighted by molar-refractivity contribution is 6.23. The van der Waals surface area contributed by atoms with Gasteiger partial charge in [0.25, 0.3) is 0 Å². The molecule has 3 rings (SSSR count). The topological polar surface area (TPSA) is 83.5 Å². The first-order valence-corrected chi connectivity index (χ1v) is 8.14. The molecule has 2 N–H and O–H groups in total. The predicted molar refractivity (Wildman–Crippen MR) is 85.0 cm³/mol. The Balaban J connectivity index is 1.70. The van der Waals surface area contributed by atoms with E-state index in [9.17, 15) is 19.5 Å². The molecule has 0 radical (unpaired) electrons. The molecule has 0 aliphatic heterocycles. The molecule has 122 valence electrons. The van der Waals surface area contributed by atoms with Crippen molar-refractivity contribution >= 4 is 23.2 Å². The summed E-state index contributed by atoms with van der Waals surface area (Å²) in [6.07, 6.45) is 5.79. The van der Waals surface area contributed by atoms with Crippen molar-refractivity contribution in [2.24, 2.45) is 11.3 Å². The summed E-state index contributed by atoms with van der Waals surface area (Å²) in [4.78, 5) is 37.2. The number of hydrogen-bond donors (Lipinski definition) is 2. The Morgan fingerprint density at radius 1 is 1.00 bits per heavy atom. The van der Waals surface area contributed by atoms with Crippen molar-refractivity contribution < 1.29 is 19.5 Å². The fourth-order valence-corrected chi connectivity index (χ4v) is 3.89. The number of aromatic hydroxyl groups is 1. The number of anilines is 1. The van der Waals surface area contributed by atoms with Crippen LogP contribution in [0.25, 0.3) is 0 Å². The molecule has 0 bridgehead atoms. The average Bonchev–Trinajstić information content (AvgIpc) is 2.49. The van der Waals surface area contributed by atoms with Crippen molar-refractivity contribution in [1.82, 2.24) is 0 Å². The summed E-state index contributed by atoms with van der Waals surface area (Å²) >= 11 is 0. The quantitative estimate of drug-likeness (QED) is 0.649. The van der Waals surface area contributed by atoms with Gasteiger partial charge in [-0.1, -0.05) is 19.3 Å². The van der Waals surface area contributed by atoms with E-state index in [1.165, 1.54) is 24.3 Å². The molecule has 5 nitrogen and oxygen atoms in total. The minimum absolute atomic E-state index is 0.0899. The lowest BCUT2D eigenvalue weighted by Crippen LogP contribution is -2.46. The molecule has 2 aliphatic carbocycles. The maximum absolute atomic E-state index is 12.4. The molecule has 23 heavy (non-hydrogen) atoms. The highest BCUT2D eigenvalue weighted by Crippen LogP contribution is 2.46. The first kappa shape index (κ1) is 15.7. The molecule has 0 atom stereocenters. The lowest BCUT2D eigenvalue weighted by molar-refractivity contribution is -0.145. The van der Waals surface area contributed by atoms with E-state index in [4.69, 9.17) is 0 Å². The number of phenolic OH excluding ortho intramolecular Hbond substituents is 1. The Morgan fingerprint density at radius 2 is 1.57 bits per heavy atom. The molecule has 1 aromatic rings. The van der Waals surface area contributed by atoms with Crippen molar-refractivity contribution in [3.8, 4) is 5.75 Å². The van der Waals surface area contributed by atoms with Crippen LogP contribution in [0.4, 0.5) is 5.69 Å². The molecule has 1 aromatic carbocycles. The van der Waals surface area contributed by atoms with Crippen LogP contribution in [0.1, 0.15) is 44.9 Å². The number of rotatable bonds is 2. The van der Waals surface area contributed by atoms with Crippen LogP contribution in [-0.2, 0) is 14.4 Å². The second kappa shape index (κ2) is 6.14. The Kier molecular flexibility index (Phi) is 4.20. The monoisotopic (exact) mass is 315 g/mol. The summed E-state index contributed by atoms with van der Waals surface area (Å²) in [5.74, 6) is -2.15. The van der Waals surface area contributed by atoms with Crippen molar-refractivity contribution in [2.45, 2.75) is 44.9 Å². The first-order valence-electron chi connectivity index (χ1n) is 8.14. The van der Waals surface area contributed by atoms with Crippen LogP contribution in [0, 0.1) is 11.3 Å². The average molecular weight is 315 g/mol. The SMILES string of the molecule is O=C1CC2(CCCCC2)CC(=O)C1C(=O)Nc1ccc(O)cc1. The van der Waals surface area contributed by atoms with E-state index < -0.39 is 11.8 Å². The molecular formula is C18H21NO4. The fourth-order valence-electron chi connectivity index (χ4n) is 3.89. The van der Waals surface area contributed by atoms with Gasteiger partial charge < -0.3 is 10.4 Å². The van der Waals surface area contributed by atoms with Gasteiger partial charge in [-0.3, -0.25) is 14.4 Å². The lowest BCUT2D eigenvalue weighted by atomic mass is 9.62. The smallest absolute Gasteiger partial charge is 0.242 e. The van der Waals surface area contributed by atoms with E-state index in [2.05, 4.69) is 5.32 Å². The van der Waals surface area contributed by atoms with Gasteiger partial charge in [-0.25, -0.2) is 0 Å². The summed E-state index contributed by atoms with van der Waals surface area (Å²) in [6, 6.07) is 5.95. The van der Waals surface area contributed by atoms with Crippen LogP contribution in [0.15, 0.2) is 24.3 Å². The molecule has 0 unspecified atom stereocenters. The lowest BCUT2D eigenvalue weighted by Gasteiger charge is -2.40. The standard InChI is InChI=1S/C18H21NO4/c20-13-6-4-12(5-7-13)19-17(23)16-14(21)10-18(11-15(16)22)8-2-1-3-9-18/h4-7,16,20H,1-3,8-11H2,(H,19,23). The van der Waals surface area contributed by atoms with Gasteiger partial charge in [-0.05, 0) is 42.5 Å². The molecular weight excluding hydrogens is 294 g/mol. The molecule has 0 heterocycles. The number of nitrogens with one attached hydrogen (secondary N) is 1. The fraction of sp³-hybridized carbons (Fsp3) is 0.500. The zero-order valence-electron chi connectivity index (χ0n) is 13.0. The second-order valence-corrected chi connectivity index (χ2v) is 6.82. The van der Waals surface area contributed by atoms with Crippen LogP contribution in [0.3, 0.4) is 0 Å². The van der Waals surface area contributed by atoms with E-state index >= 15 is 0 Å². The molecule has 2 fully saturated rings. The van der Waals surface area contributed by atoms with Gasteiger partial charge in [0, 0.05) is 18.5 Å². The van der Waals surface area contributed by atoms with Crippen molar-refractivity contribution in [3.05, 3.63) is 24.3 Å². The third-order valence-corrected chi connectivity index (χ3v) is 5.05. The van der Waals surface area contributed by atoms with Crippen molar-refractivity contribution in [2.75, 3.05) is 5.32 Å². The van der Waals surface area contributed by atoms with Gasteiger partial charge in [0.05, 0.1) is 0 Å². The van der Waals surface area contributed by atoms with Gasteiger partial charge in [-0.15, -0.1) is 0 Å². The zero-order chi connectivity index (χ0) is 16.4. The summed E-state index contributed by atoms with van der Waals surface area (Å²) < 4.78 is 0. The number of carbonyl (C=O) groups excluding carboxylic acids is 3. The Labute approximate surface area is 135 Å². The maximum Gasteiger partial charge on any atom is 0.242 e. The van der Waals surface area contributed by atoms with Gasteiger partial charge in [0.15, 0.2) is 17.5 Å². The van der Waals surface area contributed by atoms with E-state index in [0.29, 0.717) is 18.5 Å². The number of carbonyl (C=O) groups is 3. The summed E-state index contributed by atoms with van der Waals surface area (Å²) in [6.45, 7) is 0. The second-order valence-electron chi connectivity index (χ2n) is 6.82. The third kappa shape index (κ3) is 3.28. The number of benzene rings is 1. The van der Waals surface area contributed by atoms with Crippen LogP contribution in [0.5, 0.6) is 5.75 Å². The van der Waals surface area contributed by atoms with E-state index in [0.717, 1.165) is 32.1 Å². The van der Waals surface area contributed by atoms with Crippen molar-refractivity contribution in [3.63, 3.8) is 0 Å². The molecule has 1 amide bonds. The van der Waals surface area contributed by atoms with Crippen LogP contribution < -0.4 is 5.32 Å². The predicted octanol–water partition coefficient (Wildman–Crippen LogP) is 2.83. The number of amides is 1. The minimum Gasteiger partial charge on any atom is -0.508 e. The highest BCUT2D eigenvalue weighted by atomic mass is 16.3. The summed E-state index contributed by atoms with van der Waals surface area (Å²) in [5, 5.41) is 11.8. The van der Waals surface area contributed by atoms with Crippen molar-refractivity contribution in [1.29, 1.82) is 0 Å². The summed E-state index contributed by atoms with van der Waals surface area (Å²) in [7, 11) is 0. The number of ketones is 2. The minimum atomic E-state index is -1.18. The van der Waals surface area contributed by atoms with Gasteiger partial charge >= 0.3 is 0 Å². The third-order valence-electron chi connectivity index (χ3n) is 5.05. The highest BCUT2D eigenvalue weighted by Gasteiger charge is 2.47. The summed E-state index contributed by atoms with van der Waals surface area (Å²) in [5.41, 5.74) is 0.271. The number of phenols is 1. The molecule has 2 saturated carbocycles. The first-order chi connectivity index (χ1) is 11.0. The molecule has 1 spiro atoms. The normalized spacial score (nSPS) is 21.4. The van der Waals surface area contributed by atoms with Gasteiger partial charge in [0.1, 0.15) is 5.75 Å². The van der Waals surface area contributed by atoms with Gasteiger partial charge in [0.2, 0.25) is 5.91 Å².